The summed E-state index contributed by atoms with van der Waals surface area (Å²) in [5.41, 5.74) is 2.41. The van der Waals surface area contributed by atoms with Crippen molar-refractivity contribution < 1.29 is 19.1 Å². The Hall–Kier alpha value is -3.80. The Labute approximate surface area is 182 Å². The minimum atomic E-state index is -0.714. The lowest BCUT2D eigenvalue weighted by atomic mass is 10.1. The molecule has 1 atom stereocenters. The number of hydrogen-bond acceptors (Lipinski definition) is 4. The van der Waals surface area contributed by atoms with Crippen LogP contribution in [0.1, 0.15) is 18.9 Å². The predicted molar refractivity (Wildman–Crippen MR) is 122 cm³/mol. The highest BCUT2D eigenvalue weighted by atomic mass is 16.5. The number of amides is 2. The molecule has 0 heterocycles. The van der Waals surface area contributed by atoms with Gasteiger partial charge in [0.25, 0.3) is 5.91 Å². The number of methoxy groups -OCH3 is 1. The number of benzene rings is 3. The van der Waals surface area contributed by atoms with Crippen LogP contribution in [0.2, 0.25) is 0 Å². The van der Waals surface area contributed by atoms with Gasteiger partial charge >= 0.3 is 0 Å². The molecule has 2 amide bonds. The summed E-state index contributed by atoms with van der Waals surface area (Å²) in [7, 11) is 1.55. The molecule has 2 N–H and O–H groups in total. The lowest BCUT2D eigenvalue weighted by Crippen LogP contribution is -2.30. The quantitative estimate of drug-likeness (QED) is 0.529. The molecule has 0 spiro atoms. The first-order chi connectivity index (χ1) is 15.0. The molecule has 3 aromatic carbocycles. The van der Waals surface area contributed by atoms with Crippen LogP contribution < -0.4 is 20.1 Å². The molecule has 0 aromatic heterocycles. The van der Waals surface area contributed by atoms with Crippen LogP contribution in [0.25, 0.3) is 0 Å². The Morgan fingerprint density at radius 3 is 2.03 bits per heavy atom. The van der Waals surface area contributed by atoms with E-state index < -0.39 is 6.10 Å². The number of rotatable bonds is 9. The SMILES string of the molecule is COc1ccccc1OC(C)C(=O)Nc1ccc(NC(=O)CCc2ccccc2)cc1. The van der Waals surface area contributed by atoms with Crippen molar-refractivity contribution in [1.29, 1.82) is 0 Å². The predicted octanol–water partition coefficient (Wildman–Crippen LogP) is 4.67. The second kappa shape index (κ2) is 10.8. The Bertz CT molecular complexity index is 1000. The Morgan fingerprint density at radius 2 is 1.39 bits per heavy atom. The number of para-hydroxylation sites is 2. The summed E-state index contributed by atoms with van der Waals surface area (Å²) >= 11 is 0. The molecule has 0 saturated carbocycles. The molecule has 160 valence electrons. The van der Waals surface area contributed by atoms with Crippen LogP contribution in [0, 0.1) is 0 Å². The van der Waals surface area contributed by atoms with Crippen LogP contribution >= 0.6 is 0 Å². The first kappa shape index (κ1) is 21.9. The van der Waals surface area contributed by atoms with E-state index in [4.69, 9.17) is 9.47 Å². The number of carbonyl (C=O) groups is 2. The monoisotopic (exact) mass is 418 g/mol. The lowest BCUT2D eigenvalue weighted by Gasteiger charge is -2.16. The van der Waals surface area contributed by atoms with Gasteiger partial charge in [0.15, 0.2) is 17.6 Å². The van der Waals surface area contributed by atoms with E-state index in [0.717, 1.165) is 5.56 Å². The van der Waals surface area contributed by atoms with Crippen LogP contribution in [0.3, 0.4) is 0 Å². The van der Waals surface area contributed by atoms with Crippen molar-refractivity contribution in [3.8, 4) is 11.5 Å². The zero-order chi connectivity index (χ0) is 22.1. The molecular formula is C25H26N2O4. The second-order valence-corrected chi connectivity index (χ2v) is 7.01. The van der Waals surface area contributed by atoms with E-state index in [2.05, 4.69) is 10.6 Å². The Morgan fingerprint density at radius 1 is 0.806 bits per heavy atom. The molecule has 0 radical (unpaired) electrons. The molecule has 0 bridgehead atoms. The lowest BCUT2D eigenvalue weighted by molar-refractivity contribution is -0.122. The molecule has 0 aliphatic carbocycles. The molecule has 0 aliphatic rings. The van der Waals surface area contributed by atoms with Crippen LogP contribution in [-0.2, 0) is 16.0 Å². The number of carbonyl (C=O) groups excluding carboxylic acids is 2. The fourth-order valence-corrected chi connectivity index (χ4v) is 2.97. The van der Waals surface area contributed by atoms with Crippen LogP contribution in [0.15, 0.2) is 78.9 Å². The minimum Gasteiger partial charge on any atom is -0.493 e. The topological polar surface area (TPSA) is 76.7 Å². The van der Waals surface area contributed by atoms with Crippen molar-refractivity contribution >= 4 is 23.2 Å². The second-order valence-electron chi connectivity index (χ2n) is 7.01. The van der Waals surface area contributed by atoms with Gasteiger partial charge in [0.1, 0.15) is 0 Å². The molecule has 31 heavy (non-hydrogen) atoms. The molecule has 0 saturated heterocycles. The summed E-state index contributed by atoms with van der Waals surface area (Å²) < 4.78 is 11.0. The average Bonchev–Trinajstić information content (AvgIpc) is 2.80. The first-order valence-corrected chi connectivity index (χ1v) is 10.1. The van der Waals surface area contributed by atoms with Crippen molar-refractivity contribution in [1.82, 2.24) is 0 Å². The van der Waals surface area contributed by atoms with E-state index in [9.17, 15) is 9.59 Å². The highest BCUT2D eigenvalue weighted by molar-refractivity contribution is 5.95. The number of hydrogen-bond donors (Lipinski definition) is 2. The molecule has 0 fully saturated rings. The van der Waals surface area contributed by atoms with Crippen molar-refractivity contribution in [2.45, 2.75) is 25.9 Å². The first-order valence-electron chi connectivity index (χ1n) is 10.1. The number of aryl methyl sites for hydroxylation is 1. The number of ether oxygens (including phenoxy) is 2. The summed E-state index contributed by atoms with van der Waals surface area (Å²) in [5, 5.41) is 5.68. The fourth-order valence-electron chi connectivity index (χ4n) is 2.97. The van der Waals surface area contributed by atoms with Crippen LogP contribution in [-0.4, -0.2) is 25.0 Å². The van der Waals surface area contributed by atoms with E-state index >= 15 is 0 Å². The molecule has 0 aliphatic heterocycles. The van der Waals surface area contributed by atoms with Crippen molar-refractivity contribution in [2.24, 2.45) is 0 Å². The molecular weight excluding hydrogens is 392 g/mol. The summed E-state index contributed by atoms with van der Waals surface area (Å²) in [5.74, 6) is 0.723. The van der Waals surface area contributed by atoms with Gasteiger partial charge in [-0.25, -0.2) is 0 Å². The standard InChI is InChI=1S/C25H26N2O4/c1-18(31-23-11-7-6-10-22(23)30-2)25(29)27-21-15-13-20(14-16-21)26-24(28)17-12-19-8-4-3-5-9-19/h3-11,13-16,18H,12,17H2,1-2H3,(H,26,28)(H,27,29). The maximum Gasteiger partial charge on any atom is 0.265 e. The Balaban J connectivity index is 1.49. The van der Waals surface area contributed by atoms with E-state index in [1.165, 1.54) is 0 Å². The van der Waals surface area contributed by atoms with Gasteiger partial charge in [-0.2, -0.15) is 0 Å². The van der Waals surface area contributed by atoms with E-state index in [1.807, 2.05) is 42.5 Å². The summed E-state index contributed by atoms with van der Waals surface area (Å²) in [6, 6.07) is 24.0. The van der Waals surface area contributed by atoms with Crippen molar-refractivity contribution in [3.63, 3.8) is 0 Å². The molecule has 6 heteroatoms. The molecule has 6 nitrogen and oxygen atoms in total. The number of anilines is 2. The van der Waals surface area contributed by atoms with Crippen LogP contribution in [0.5, 0.6) is 11.5 Å². The number of nitrogens with one attached hydrogen (secondary N) is 2. The summed E-state index contributed by atoms with van der Waals surface area (Å²) in [6.07, 6.45) is 0.374. The third-order valence-corrected chi connectivity index (χ3v) is 4.66. The maximum absolute atomic E-state index is 12.5. The molecule has 1 unspecified atom stereocenters. The van der Waals surface area contributed by atoms with E-state index in [0.29, 0.717) is 35.7 Å². The van der Waals surface area contributed by atoms with E-state index in [1.54, 1.807) is 50.4 Å². The summed E-state index contributed by atoms with van der Waals surface area (Å²) in [6.45, 7) is 1.67. The summed E-state index contributed by atoms with van der Waals surface area (Å²) in [4.78, 5) is 24.6. The Kier molecular flexibility index (Phi) is 7.65. The zero-order valence-electron chi connectivity index (χ0n) is 17.6. The highest BCUT2D eigenvalue weighted by Gasteiger charge is 2.17. The average molecular weight is 418 g/mol. The van der Waals surface area contributed by atoms with Gasteiger partial charge in [-0.1, -0.05) is 42.5 Å². The van der Waals surface area contributed by atoms with E-state index in [-0.39, 0.29) is 11.8 Å². The van der Waals surface area contributed by atoms with Gasteiger partial charge in [-0.15, -0.1) is 0 Å². The van der Waals surface area contributed by atoms with Crippen LogP contribution in [0.4, 0.5) is 11.4 Å². The van der Waals surface area contributed by atoms with Crippen molar-refractivity contribution in [3.05, 3.63) is 84.4 Å². The van der Waals surface area contributed by atoms with Gasteiger partial charge in [-0.3, -0.25) is 9.59 Å². The van der Waals surface area contributed by atoms with Gasteiger partial charge in [0.2, 0.25) is 5.91 Å². The largest absolute Gasteiger partial charge is 0.493 e. The van der Waals surface area contributed by atoms with Gasteiger partial charge in [0.05, 0.1) is 7.11 Å². The van der Waals surface area contributed by atoms with Gasteiger partial charge < -0.3 is 20.1 Å². The maximum atomic E-state index is 12.5. The normalized spacial score (nSPS) is 11.3. The van der Waals surface area contributed by atoms with Gasteiger partial charge in [-0.05, 0) is 55.3 Å². The molecule has 3 rings (SSSR count). The third kappa shape index (κ3) is 6.60. The third-order valence-electron chi connectivity index (χ3n) is 4.66. The highest BCUT2D eigenvalue weighted by Crippen LogP contribution is 2.27. The van der Waals surface area contributed by atoms with Gasteiger partial charge in [0, 0.05) is 17.8 Å². The smallest absolute Gasteiger partial charge is 0.265 e. The molecule has 3 aromatic rings. The minimum absolute atomic E-state index is 0.0560. The van der Waals surface area contributed by atoms with Crippen molar-refractivity contribution in [2.75, 3.05) is 17.7 Å². The fraction of sp³-hybridized carbons (Fsp3) is 0.200. The zero-order valence-corrected chi connectivity index (χ0v) is 17.6.